The van der Waals surface area contributed by atoms with Gasteiger partial charge in [0.2, 0.25) is 0 Å². The van der Waals surface area contributed by atoms with E-state index in [1.54, 1.807) is 6.08 Å². The zero-order valence-corrected chi connectivity index (χ0v) is 16.2. The minimum atomic E-state index is 0. The quantitative estimate of drug-likeness (QED) is 0.340. The van der Waals surface area contributed by atoms with Gasteiger partial charge in [-0.15, -0.1) is 6.92 Å². The zero-order chi connectivity index (χ0) is 16.2. The predicted molar refractivity (Wildman–Crippen MR) is 93.6 cm³/mol. The predicted octanol–water partition coefficient (Wildman–Crippen LogP) is 5.64. The van der Waals surface area contributed by atoms with Crippen molar-refractivity contribution in [3.8, 4) is 0 Å². The average molecular weight is 398 g/mol. The van der Waals surface area contributed by atoms with E-state index >= 15 is 0 Å². The van der Waals surface area contributed by atoms with Crippen molar-refractivity contribution in [2.24, 2.45) is 5.41 Å². The number of carbonyl (C=O) groups excluding carboxylic acids is 1. The van der Waals surface area contributed by atoms with Crippen molar-refractivity contribution < 1.29 is 24.3 Å². The first-order valence-electron chi connectivity index (χ1n) is 8.17. The van der Waals surface area contributed by atoms with Crippen molar-refractivity contribution in [2.45, 2.75) is 52.9 Å². The van der Waals surface area contributed by atoms with Gasteiger partial charge >= 0.3 is 0 Å². The van der Waals surface area contributed by atoms with Crippen LogP contribution in [0.25, 0.3) is 0 Å². The Balaban J connectivity index is 0.00000264. The largest absolute Gasteiger partial charge is 0.332 e. The summed E-state index contributed by atoms with van der Waals surface area (Å²) in [4.78, 5) is 12.6. The summed E-state index contributed by atoms with van der Waals surface area (Å²) in [5.41, 5.74) is 2.70. The van der Waals surface area contributed by atoms with Gasteiger partial charge in [-0.1, -0.05) is 73.7 Å². The maximum atomic E-state index is 12.6. The molecule has 1 aliphatic carbocycles. The van der Waals surface area contributed by atoms with Gasteiger partial charge in [0.1, 0.15) is 0 Å². The van der Waals surface area contributed by atoms with Gasteiger partial charge in [-0.25, -0.2) is 0 Å². The van der Waals surface area contributed by atoms with E-state index in [9.17, 15) is 4.79 Å². The molecule has 0 aromatic heterocycles. The molecule has 127 valence electrons. The second-order valence-electron chi connectivity index (χ2n) is 7.13. The van der Waals surface area contributed by atoms with Crippen molar-refractivity contribution in [1.82, 2.24) is 0 Å². The Morgan fingerprint density at radius 2 is 1.83 bits per heavy atom. The molecule has 0 fully saturated rings. The molecule has 1 atom stereocenters. The number of allylic oxidation sites excluding steroid dienone is 4. The smallest absolute Gasteiger partial charge is 0.0208 e. The van der Waals surface area contributed by atoms with E-state index in [1.807, 2.05) is 13.0 Å². The second-order valence-corrected chi connectivity index (χ2v) is 7.13. The van der Waals surface area contributed by atoms with E-state index in [0.29, 0.717) is 0 Å². The summed E-state index contributed by atoms with van der Waals surface area (Å²) in [6.07, 6.45) is 9.20. The molecular formula is C21H27ORh-. The summed E-state index contributed by atoms with van der Waals surface area (Å²) in [7, 11) is 0. The van der Waals surface area contributed by atoms with E-state index < -0.39 is 0 Å². The van der Waals surface area contributed by atoms with Crippen LogP contribution < -0.4 is 0 Å². The number of carbonyl (C=O) groups is 1. The molecule has 0 aliphatic heterocycles. The Hall–Kier alpha value is -1.14. The minimum Gasteiger partial charge on any atom is -0.332 e. The number of hydrogen-bond acceptors (Lipinski definition) is 1. The average Bonchev–Trinajstić information content (AvgIpc) is 2.52. The molecule has 0 N–H and O–H groups in total. The third-order valence-electron chi connectivity index (χ3n) is 4.60. The van der Waals surface area contributed by atoms with Gasteiger partial charge in [0, 0.05) is 25.3 Å². The molecule has 1 aliphatic rings. The SMILES string of the molecule is C/C1=C\CC(C)(C)/C=C/C(=O)[C-](C)[C@H](c2ccccc2)CC1.[Rh]. The number of hydrogen-bond donors (Lipinski definition) is 0. The fourth-order valence-electron chi connectivity index (χ4n) is 2.90. The van der Waals surface area contributed by atoms with Gasteiger partial charge in [0.25, 0.3) is 0 Å². The van der Waals surface area contributed by atoms with Crippen molar-refractivity contribution in [2.75, 3.05) is 0 Å². The molecule has 0 heterocycles. The maximum Gasteiger partial charge on any atom is 0.0208 e. The van der Waals surface area contributed by atoms with E-state index in [0.717, 1.165) is 25.2 Å². The fraction of sp³-hybridized carbons (Fsp3) is 0.429. The van der Waals surface area contributed by atoms with E-state index in [2.05, 4.69) is 57.2 Å². The number of rotatable bonds is 1. The molecule has 1 aromatic rings. The molecule has 0 saturated heterocycles. The molecule has 0 unspecified atom stereocenters. The molecule has 1 aromatic carbocycles. The molecule has 1 radical (unpaired) electrons. The molecule has 2 heteroatoms. The third-order valence-corrected chi connectivity index (χ3v) is 4.60. The molecule has 0 saturated carbocycles. The van der Waals surface area contributed by atoms with Crippen molar-refractivity contribution >= 4 is 5.78 Å². The normalized spacial score (nSPS) is 25.6. The Bertz CT molecular complexity index is 569. The zero-order valence-electron chi connectivity index (χ0n) is 14.6. The van der Waals surface area contributed by atoms with Gasteiger partial charge in [-0.05, 0) is 25.2 Å². The summed E-state index contributed by atoms with van der Waals surface area (Å²) < 4.78 is 0. The van der Waals surface area contributed by atoms with Crippen LogP contribution in [0.1, 0.15) is 58.4 Å². The van der Waals surface area contributed by atoms with Gasteiger partial charge in [0.15, 0.2) is 0 Å². The summed E-state index contributed by atoms with van der Waals surface area (Å²) in [5, 5.41) is 0. The monoisotopic (exact) mass is 398 g/mol. The van der Waals surface area contributed by atoms with Crippen LogP contribution in [0.3, 0.4) is 0 Å². The molecule has 0 bridgehead atoms. The molecule has 0 amide bonds. The van der Waals surface area contributed by atoms with Crippen LogP contribution in [-0.4, -0.2) is 5.78 Å². The fourth-order valence-corrected chi connectivity index (χ4v) is 2.90. The van der Waals surface area contributed by atoms with Gasteiger partial charge in [-0.3, -0.25) is 0 Å². The first kappa shape index (κ1) is 19.9. The van der Waals surface area contributed by atoms with Crippen LogP contribution in [0.5, 0.6) is 0 Å². The van der Waals surface area contributed by atoms with Gasteiger partial charge in [0.05, 0.1) is 0 Å². The molecule has 0 spiro atoms. The molecule has 2 rings (SSSR count). The summed E-state index contributed by atoms with van der Waals surface area (Å²) in [5.74, 6) is 1.33. The number of ketones is 1. The van der Waals surface area contributed by atoms with Gasteiger partial charge < -0.3 is 4.79 Å². The van der Waals surface area contributed by atoms with Crippen molar-refractivity contribution in [3.05, 3.63) is 65.6 Å². The van der Waals surface area contributed by atoms with E-state index in [1.165, 1.54) is 11.1 Å². The standard InChI is InChI=1S/C21H27O.Rh/c1-16-10-11-19(18-8-6-5-7-9-18)17(2)20(22)13-15-21(3,4)14-12-16;/h5-9,12-13,15,19H,10-11,14H2,1-4H3;/q-1;/b15-13+,16-12+;/t19-;/m1./s1. The first-order valence-corrected chi connectivity index (χ1v) is 8.17. The Morgan fingerprint density at radius 3 is 2.48 bits per heavy atom. The van der Waals surface area contributed by atoms with E-state index in [-0.39, 0.29) is 36.6 Å². The molecule has 1 nitrogen and oxygen atoms in total. The molecular weight excluding hydrogens is 371 g/mol. The Kier molecular flexibility index (Phi) is 7.48. The van der Waals surface area contributed by atoms with Crippen molar-refractivity contribution in [3.63, 3.8) is 0 Å². The Labute approximate surface area is 154 Å². The van der Waals surface area contributed by atoms with Crippen LogP contribution >= 0.6 is 0 Å². The third kappa shape index (κ3) is 5.77. The second kappa shape index (κ2) is 8.64. The van der Waals surface area contributed by atoms with Crippen LogP contribution in [0.15, 0.2) is 54.1 Å². The number of benzene rings is 1. The van der Waals surface area contributed by atoms with Crippen LogP contribution in [-0.2, 0) is 24.3 Å². The van der Waals surface area contributed by atoms with Gasteiger partial charge in [-0.2, -0.15) is 18.1 Å². The minimum absolute atomic E-state index is 0. The Morgan fingerprint density at radius 1 is 1.17 bits per heavy atom. The maximum absolute atomic E-state index is 12.6. The summed E-state index contributed by atoms with van der Waals surface area (Å²) in [6.45, 7) is 8.57. The summed E-state index contributed by atoms with van der Waals surface area (Å²) >= 11 is 0. The van der Waals surface area contributed by atoms with E-state index in [4.69, 9.17) is 0 Å². The van der Waals surface area contributed by atoms with Crippen LogP contribution in [0.2, 0.25) is 0 Å². The van der Waals surface area contributed by atoms with Crippen LogP contribution in [0.4, 0.5) is 0 Å². The first-order chi connectivity index (χ1) is 10.4. The van der Waals surface area contributed by atoms with Crippen molar-refractivity contribution in [1.29, 1.82) is 0 Å². The summed E-state index contributed by atoms with van der Waals surface area (Å²) in [6, 6.07) is 10.4. The van der Waals surface area contributed by atoms with Crippen LogP contribution in [0, 0.1) is 11.3 Å². The molecule has 23 heavy (non-hydrogen) atoms. The topological polar surface area (TPSA) is 17.1 Å².